The van der Waals surface area contributed by atoms with Gasteiger partial charge < -0.3 is 15.7 Å². The third kappa shape index (κ3) is 5.19. The highest BCUT2D eigenvalue weighted by atomic mass is 16.4. The lowest BCUT2D eigenvalue weighted by atomic mass is 9.95. The van der Waals surface area contributed by atoms with E-state index in [9.17, 15) is 9.59 Å². The second kappa shape index (κ2) is 7.48. The van der Waals surface area contributed by atoms with Gasteiger partial charge in [0.2, 0.25) is 5.91 Å². The first-order chi connectivity index (χ1) is 8.91. The summed E-state index contributed by atoms with van der Waals surface area (Å²) in [6.07, 6.45) is 4.29. The van der Waals surface area contributed by atoms with E-state index in [0.717, 1.165) is 25.8 Å². The summed E-state index contributed by atoms with van der Waals surface area (Å²) in [6.45, 7) is 4.81. The number of carboxylic acids is 1. The monoisotopic (exact) mass is 270 g/mol. The van der Waals surface area contributed by atoms with Crippen LogP contribution in [-0.4, -0.2) is 40.5 Å². The number of nitrogens with zero attached hydrogens (tertiary/aromatic N) is 1. The first kappa shape index (κ1) is 16.0. The summed E-state index contributed by atoms with van der Waals surface area (Å²) >= 11 is 0. The van der Waals surface area contributed by atoms with Crippen LogP contribution in [0.5, 0.6) is 0 Å². The number of hydrogen-bond donors (Lipinski definition) is 2. The fourth-order valence-electron chi connectivity index (χ4n) is 2.70. The van der Waals surface area contributed by atoms with Gasteiger partial charge in [0.15, 0.2) is 0 Å². The van der Waals surface area contributed by atoms with Gasteiger partial charge in [-0.05, 0) is 38.0 Å². The van der Waals surface area contributed by atoms with Crippen LogP contribution in [0.15, 0.2) is 0 Å². The van der Waals surface area contributed by atoms with Crippen molar-refractivity contribution in [1.29, 1.82) is 0 Å². The first-order valence-corrected chi connectivity index (χ1v) is 7.19. The molecule has 1 amide bonds. The molecule has 110 valence electrons. The third-order valence-corrected chi connectivity index (χ3v) is 3.64. The number of carbonyl (C=O) groups excluding carboxylic acids is 1. The van der Waals surface area contributed by atoms with Gasteiger partial charge in [0.1, 0.15) is 0 Å². The van der Waals surface area contributed by atoms with Crippen molar-refractivity contribution in [3.8, 4) is 0 Å². The van der Waals surface area contributed by atoms with Crippen LogP contribution in [-0.2, 0) is 9.59 Å². The Morgan fingerprint density at radius 2 is 2.05 bits per heavy atom. The Bertz CT molecular complexity index is 318. The predicted octanol–water partition coefficient (Wildman–Crippen LogP) is 1.61. The number of likely N-dealkylation sites (tertiary alicyclic amines) is 1. The summed E-state index contributed by atoms with van der Waals surface area (Å²) in [5, 5.41) is 8.77. The fourth-order valence-corrected chi connectivity index (χ4v) is 2.70. The average Bonchev–Trinajstić information content (AvgIpc) is 2.35. The van der Waals surface area contributed by atoms with E-state index in [-0.39, 0.29) is 18.4 Å². The number of rotatable bonds is 6. The molecule has 0 radical (unpaired) electrons. The summed E-state index contributed by atoms with van der Waals surface area (Å²) in [5.74, 6) is -0.422. The number of piperidine rings is 1. The van der Waals surface area contributed by atoms with Crippen molar-refractivity contribution >= 4 is 11.9 Å². The molecule has 2 atom stereocenters. The second-order valence-corrected chi connectivity index (χ2v) is 5.85. The maximum atomic E-state index is 12.3. The van der Waals surface area contributed by atoms with Gasteiger partial charge in [0.05, 0.1) is 6.04 Å². The molecular weight excluding hydrogens is 244 g/mol. The van der Waals surface area contributed by atoms with Gasteiger partial charge in [-0.15, -0.1) is 0 Å². The Hall–Kier alpha value is -1.10. The quantitative estimate of drug-likeness (QED) is 0.768. The second-order valence-electron chi connectivity index (χ2n) is 5.85. The van der Waals surface area contributed by atoms with E-state index in [1.165, 1.54) is 0 Å². The smallest absolute Gasteiger partial charge is 0.303 e. The molecule has 0 aromatic heterocycles. The largest absolute Gasteiger partial charge is 0.481 e. The molecule has 0 spiro atoms. The van der Waals surface area contributed by atoms with Crippen molar-refractivity contribution in [2.45, 2.75) is 64.5 Å². The Balaban J connectivity index is 2.59. The van der Waals surface area contributed by atoms with E-state index in [4.69, 9.17) is 10.8 Å². The molecule has 0 saturated carbocycles. The minimum atomic E-state index is -0.801. The Labute approximate surface area is 115 Å². The van der Waals surface area contributed by atoms with E-state index in [0.29, 0.717) is 18.8 Å². The van der Waals surface area contributed by atoms with Crippen molar-refractivity contribution in [3.63, 3.8) is 0 Å². The molecule has 0 aliphatic carbocycles. The van der Waals surface area contributed by atoms with Gasteiger partial charge in [-0.2, -0.15) is 0 Å². The lowest BCUT2D eigenvalue weighted by Gasteiger charge is -2.37. The predicted molar refractivity (Wildman–Crippen MR) is 73.7 cm³/mol. The Kier molecular flexibility index (Phi) is 6.28. The van der Waals surface area contributed by atoms with E-state index in [1.54, 1.807) is 0 Å². The molecule has 0 bridgehead atoms. The molecule has 1 fully saturated rings. The summed E-state index contributed by atoms with van der Waals surface area (Å²) < 4.78 is 0. The maximum Gasteiger partial charge on any atom is 0.303 e. The number of nitrogens with two attached hydrogens (primary N) is 1. The molecule has 3 N–H and O–H groups in total. The van der Waals surface area contributed by atoms with Crippen molar-refractivity contribution in [3.05, 3.63) is 0 Å². The zero-order valence-corrected chi connectivity index (χ0v) is 12.0. The first-order valence-electron chi connectivity index (χ1n) is 7.19. The van der Waals surface area contributed by atoms with Crippen LogP contribution in [0.3, 0.4) is 0 Å². The topological polar surface area (TPSA) is 83.6 Å². The molecule has 5 nitrogen and oxygen atoms in total. The van der Waals surface area contributed by atoms with Gasteiger partial charge in [-0.1, -0.05) is 13.8 Å². The van der Waals surface area contributed by atoms with Gasteiger partial charge in [-0.3, -0.25) is 9.59 Å². The molecule has 1 rings (SSSR count). The molecule has 1 aliphatic heterocycles. The zero-order chi connectivity index (χ0) is 14.4. The van der Waals surface area contributed by atoms with Crippen molar-refractivity contribution in [2.75, 3.05) is 6.54 Å². The zero-order valence-electron chi connectivity index (χ0n) is 12.0. The highest BCUT2D eigenvalue weighted by molar-refractivity contribution is 5.82. The molecule has 1 heterocycles. The van der Waals surface area contributed by atoms with E-state index >= 15 is 0 Å². The van der Waals surface area contributed by atoms with Crippen molar-refractivity contribution < 1.29 is 14.7 Å². The lowest BCUT2D eigenvalue weighted by Crippen LogP contribution is -2.51. The van der Waals surface area contributed by atoms with E-state index in [2.05, 4.69) is 0 Å². The molecule has 1 aliphatic rings. The summed E-state index contributed by atoms with van der Waals surface area (Å²) in [7, 11) is 0. The highest BCUT2D eigenvalue weighted by Gasteiger charge is 2.30. The fraction of sp³-hybridized carbons (Fsp3) is 0.857. The molecule has 5 heteroatoms. The lowest BCUT2D eigenvalue weighted by molar-refractivity contribution is -0.140. The van der Waals surface area contributed by atoms with Crippen LogP contribution in [0.25, 0.3) is 0 Å². The van der Waals surface area contributed by atoms with Gasteiger partial charge in [-0.25, -0.2) is 0 Å². The normalized spacial score (nSPS) is 21.5. The molecule has 2 unspecified atom stereocenters. The summed E-state index contributed by atoms with van der Waals surface area (Å²) in [5.41, 5.74) is 5.96. The number of aliphatic carboxylic acids is 1. The number of carboxylic acid groups (broad SMARTS) is 1. The molecule has 0 aromatic carbocycles. The van der Waals surface area contributed by atoms with Gasteiger partial charge >= 0.3 is 5.97 Å². The summed E-state index contributed by atoms with van der Waals surface area (Å²) in [4.78, 5) is 24.8. The molecular formula is C14H26N2O3. The van der Waals surface area contributed by atoms with Gasteiger partial charge in [0, 0.05) is 19.0 Å². The molecule has 1 saturated heterocycles. The van der Waals surface area contributed by atoms with Crippen molar-refractivity contribution in [2.24, 2.45) is 11.7 Å². The minimum Gasteiger partial charge on any atom is -0.481 e. The van der Waals surface area contributed by atoms with Crippen molar-refractivity contribution in [1.82, 2.24) is 4.90 Å². The molecule has 19 heavy (non-hydrogen) atoms. The number of carbonyl (C=O) groups is 2. The average molecular weight is 270 g/mol. The Morgan fingerprint density at radius 1 is 1.37 bits per heavy atom. The van der Waals surface area contributed by atoms with E-state index in [1.807, 2.05) is 18.7 Å². The van der Waals surface area contributed by atoms with Crippen LogP contribution in [0.2, 0.25) is 0 Å². The van der Waals surface area contributed by atoms with Crippen LogP contribution in [0.1, 0.15) is 52.4 Å². The number of hydrogen-bond acceptors (Lipinski definition) is 3. The SMILES string of the molecule is CC(C)CC(N)C(=O)N1CCCCC1CCC(=O)O. The highest BCUT2D eigenvalue weighted by Crippen LogP contribution is 2.22. The number of amides is 1. The van der Waals surface area contributed by atoms with Gasteiger partial charge in [0.25, 0.3) is 0 Å². The Morgan fingerprint density at radius 3 is 2.63 bits per heavy atom. The third-order valence-electron chi connectivity index (χ3n) is 3.64. The van der Waals surface area contributed by atoms with Crippen LogP contribution in [0.4, 0.5) is 0 Å². The standard InChI is InChI=1S/C14H26N2O3/c1-10(2)9-12(15)14(19)16-8-4-3-5-11(16)6-7-13(17)18/h10-12H,3-9,15H2,1-2H3,(H,17,18). The maximum absolute atomic E-state index is 12.3. The van der Waals surface area contributed by atoms with E-state index < -0.39 is 12.0 Å². The summed E-state index contributed by atoms with van der Waals surface area (Å²) in [6, 6.07) is -0.402. The van der Waals surface area contributed by atoms with Crippen LogP contribution < -0.4 is 5.73 Å². The van der Waals surface area contributed by atoms with Crippen LogP contribution >= 0.6 is 0 Å². The van der Waals surface area contributed by atoms with Crippen LogP contribution in [0, 0.1) is 5.92 Å². The minimum absolute atomic E-state index is 0.0104. The molecule has 0 aromatic rings.